The molecule has 1 radical (unpaired) electrons. The number of nitrogens with zero attached hydrogens (tertiary/aromatic N) is 1. The molecule has 3 heteroatoms. The zero-order valence-electron chi connectivity index (χ0n) is 6.65. The molecule has 0 aliphatic rings. The predicted octanol–water partition coefficient (Wildman–Crippen LogP) is 2.04. The van der Waals surface area contributed by atoms with Crippen LogP contribution in [0.2, 0.25) is 0 Å². The van der Waals surface area contributed by atoms with E-state index in [9.17, 15) is 10.1 Å². The first-order valence-electron chi connectivity index (χ1n) is 3.48. The van der Waals surface area contributed by atoms with Gasteiger partial charge in [-0.1, -0.05) is 23.8 Å². The Bertz CT molecular complexity index is 318. The van der Waals surface area contributed by atoms with Gasteiger partial charge in [-0.3, -0.25) is 10.1 Å². The van der Waals surface area contributed by atoms with Crippen LogP contribution in [0.4, 0.5) is 0 Å². The second kappa shape index (κ2) is 3.67. The second-order valence-corrected chi connectivity index (χ2v) is 2.42. The molecule has 0 aliphatic carbocycles. The summed E-state index contributed by atoms with van der Waals surface area (Å²) in [5.41, 5.74) is 1.79. The molecule has 0 aromatic heterocycles. The van der Waals surface area contributed by atoms with E-state index in [1.165, 1.54) is 6.08 Å². The topological polar surface area (TPSA) is 43.1 Å². The molecule has 0 spiro atoms. The van der Waals surface area contributed by atoms with Crippen LogP contribution >= 0.6 is 0 Å². The normalized spacial score (nSPS) is 10.4. The zero-order valence-corrected chi connectivity index (χ0v) is 6.65. The van der Waals surface area contributed by atoms with Crippen molar-refractivity contribution in [3.8, 4) is 0 Å². The number of benzene rings is 1. The average Bonchev–Trinajstić information content (AvgIpc) is 2.01. The minimum absolute atomic E-state index is 0.490. The first kappa shape index (κ1) is 8.46. The molecule has 0 N–H and O–H groups in total. The Hall–Kier alpha value is -1.64. The average molecular weight is 162 g/mol. The third-order valence-electron chi connectivity index (χ3n) is 1.36. The van der Waals surface area contributed by atoms with Crippen LogP contribution in [-0.4, -0.2) is 4.92 Å². The molecular weight excluding hydrogens is 154 g/mol. The summed E-state index contributed by atoms with van der Waals surface area (Å²) in [5, 5.41) is 9.96. The lowest BCUT2D eigenvalue weighted by Crippen LogP contribution is -1.82. The Kier molecular flexibility index (Phi) is 2.58. The summed E-state index contributed by atoms with van der Waals surface area (Å²) >= 11 is 0. The van der Waals surface area contributed by atoms with Crippen molar-refractivity contribution in [1.29, 1.82) is 0 Å². The Labute approximate surface area is 70.5 Å². The zero-order chi connectivity index (χ0) is 8.97. The lowest BCUT2D eigenvalue weighted by atomic mass is 10.1. The van der Waals surface area contributed by atoms with Gasteiger partial charge in [-0.25, -0.2) is 0 Å². The lowest BCUT2D eigenvalue weighted by Gasteiger charge is -1.91. The first-order chi connectivity index (χ1) is 5.68. The molecule has 0 heterocycles. The maximum Gasteiger partial charge on any atom is 0.235 e. The van der Waals surface area contributed by atoms with E-state index in [1.807, 2.05) is 19.1 Å². The summed E-state index contributed by atoms with van der Waals surface area (Å²) in [7, 11) is 0. The maximum absolute atomic E-state index is 9.96. The Morgan fingerprint density at radius 2 is 2.42 bits per heavy atom. The van der Waals surface area contributed by atoms with Crippen molar-refractivity contribution in [1.82, 2.24) is 0 Å². The van der Waals surface area contributed by atoms with Crippen LogP contribution in [0.5, 0.6) is 0 Å². The predicted molar refractivity (Wildman–Crippen MR) is 46.0 cm³/mol. The van der Waals surface area contributed by atoms with Crippen molar-refractivity contribution in [3.05, 3.63) is 51.7 Å². The van der Waals surface area contributed by atoms with Crippen molar-refractivity contribution in [2.24, 2.45) is 0 Å². The highest BCUT2D eigenvalue weighted by Gasteiger charge is 1.90. The summed E-state index contributed by atoms with van der Waals surface area (Å²) in [4.78, 5) is 9.47. The molecule has 0 bridgehead atoms. The highest BCUT2D eigenvalue weighted by Crippen LogP contribution is 2.04. The molecule has 1 rings (SSSR count). The quantitative estimate of drug-likeness (QED) is 0.493. The SMILES string of the molecule is Cc1cc[c]c(C=C[N+](=O)[O-])c1. The lowest BCUT2D eigenvalue weighted by molar-refractivity contribution is -0.400. The van der Waals surface area contributed by atoms with E-state index in [0.29, 0.717) is 0 Å². The highest BCUT2D eigenvalue weighted by molar-refractivity contribution is 5.48. The first-order valence-corrected chi connectivity index (χ1v) is 3.48. The van der Waals surface area contributed by atoms with Gasteiger partial charge in [-0.2, -0.15) is 0 Å². The molecule has 0 aliphatic heterocycles. The van der Waals surface area contributed by atoms with Gasteiger partial charge in [-0.05, 0) is 18.6 Å². The molecular formula is C9H8NO2. The Morgan fingerprint density at radius 1 is 1.67 bits per heavy atom. The van der Waals surface area contributed by atoms with Crippen molar-refractivity contribution < 1.29 is 4.92 Å². The molecule has 3 nitrogen and oxygen atoms in total. The van der Waals surface area contributed by atoms with Crippen molar-refractivity contribution in [2.45, 2.75) is 6.92 Å². The third kappa shape index (κ3) is 2.54. The molecule has 1 aromatic carbocycles. The van der Waals surface area contributed by atoms with Gasteiger partial charge < -0.3 is 0 Å². The molecule has 0 saturated heterocycles. The maximum atomic E-state index is 9.96. The summed E-state index contributed by atoms with van der Waals surface area (Å²) in [6.07, 6.45) is 2.33. The summed E-state index contributed by atoms with van der Waals surface area (Å²) in [5.74, 6) is 0. The Balaban J connectivity index is 2.83. The minimum Gasteiger partial charge on any atom is -0.259 e. The van der Waals surface area contributed by atoms with E-state index < -0.39 is 4.92 Å². The highest BCUT2D eigenvalue weighted by atomic mass is 16.6. The molecule has 0 fully saturated rings. The van der Waals surface area contributed by atoms with Crippen LogP contribution in [0.3, 0.4) is 0 Å². The van der Waals surface area contributed by atoms with Crippen LogP contribution in [0.15, 0.2) is 24.4 Å². The van der Waals surface area contributed by atoms with E-state index >= 15 is 0 Å². The van der Waals surface area contributed by atoms with Gasteiger partial charge in [-0.15, -0.1) is 0 Å². The fourth-order valence-electron chi connectivity index (χ4n) is 0.842. The largest absolute Gasteiger partial charge is 0.259 e. The smallest absolute Gasteiger partial charge is 0.235 e. The Morgan fingerprint density at radius 3 is 3.00 bits per heavy atom. The molecule has 0 unspecified atom stereocenters. The van der Waals surface area contributed by atoms with Crippen LogP contribution in [0, 0.1) is 23.1 Å². The molecule has 0 saturated carbocycles. The van der Waals surface area contributed by atoms with E-state index in [2.05, 4.69) is 6.07 Å². The van der Waals surface area contributed by atoms with Gasteiger partial charge in [0, 0.05) is 6.08 Å². The van der Waals surface area contributed by atoms with Gasteiger partial charge >= 0.3 is 0 Å². The fraction of sp³-hybridized carbons (Fsp3) is 0.111. The van der Waals surface area contributed by atoms with E-state index in [1.54, 1.807) is 6.07 Å². The van der Waals surface area contributed by atoms with E-state index in [0.717, 1.165) is 17.3 Å². The summed E-state index contributed by atoms with van der Waals surface area (Å²) < 4.78 is 0. The summed E-state index contributed by atoms with van der Waals surface area (Å²) in [6, 6.07) is 8.34. The second-order valence-electron chi connectivity index (χ2n) is 2.42. The van der Waals surface area contributed by atoms with Gasteiger partial charge in [0.2, 0.25) is 6.20 Å². The van der Waals surface area contributed by atoms with Gasteiger partial charge in [0.1, 0.15) is 0 Å². The van der Waals surface area contributed by atoms with Crippen molar-refractivity contribution in [3.63, 3.8) is 0 Å². The van der Waals surface area contributed by atoms with E-state index in [-0.39, 0.29) is 0 Å². The monoisotopic (exact) mass is 162 g/mol. The molecule has 12 heavy (non-hydrogen) atoms. The van der Waals surface area contributed by atoms with Crippen molar-refractivity contribution in [2.75, 3.05) is 0 Å². The molecule has 61 valence electrons. The fourth-order valence-corrected chi connectivity index (χ4v) is 0.842. The number of nitro groups is 1. The van der Waals surface area contributed by atoms with Gasteiger partial charge in [0.05, 0.1) is 4.92 Å². The standard InChI is InChI=1S/C9H8NO2/c1-8-3-2-4-9(7-8)5-6-10(11)12/h2-3,5-7H,1H3. The summed E-state index contributed by atoms with van der Waals surface area (Å²) in [6.45, 7) is 1.93. The number of aryl methyl sites for hydroxylation is 1. The van der Waals surface area contributed by atoms with Crippen LogP contribution in [-0.2, 0) is 0 Å². The third-order valence-corrected chi connectivity index (χ3v) is 1.36. The van der Waals surface area contributed by atoms with Gasteiger partial charge in [0.25, 0.3) is 0 Å². The van der Waals surface area contributed by atoms with Gasteiger partial charge in [0.15, 0.2) is 0 Å². The van der Waals surface area contributed by atoms with Crippen LogP contribution < -0.4 is 0 Å². The van der Waals surface area contributed by atoms with Crippen molar-refractivity contribution >= 4 is 6.08 Å². The molecule has 1 aromatic rings. The minimum atomic E-state index is -0.490. The van der Waals surface area contributed by atoms with Crippen LogP contribution in [0.25, 0.3) is 6.08 Å². The number of hydrogen-bond donors (Lipinski definition) is 0. The number of hydrogen-bond acceptors (Lipinski definition) is 2. The van der Waals surface area contributed by atoms with E-state index in [4.69, 9.17) is 0 Å². The number of rotatable bonds is 2. The molecule has 0 amide bonds. The molecule has 0 atom stereocenters. The van der Waals surface area contributed by atoms with Crippen LogP contribution in [0.1, 0.15) is 11.1 Å².